The molecule has 0 fully saturated rings. The number of carboxylic acids is 1. The van der Waals surface area contributed by atoms with Gasteiger partial charge in [-0.25, -0.2) is 13.6 Å². The van der Waals surface area contributed by atoms with Crippen molar-refractivity contribution in [3.05, 3.63) is 71.4 Å². The van der Waals surface area contributed by atoms with Crippen molar-refractivity contribution >= 4 is 22.8 Å². The minimum atomic E-state index is -1.31. The van der Waals surface area contributed by atoms with Crippen molar-refractivity contribution < 1.29 is 23.5 Å². The van der Waals surface area contributed by atoms with Crippen LogP contribution < -0.4 is 5.32 Å². The highest BCUT2D eigenvalue weighted by Gasteiger charge is 2.24. The van der Waals surface area contributed by atoms with Gasteiger partial charge in [-0.15, -0.1) is 0 Å². The molecule has 0 saturated carbocycles. The molecule has 0 spiro atoms. The smallest absolute Gasteiger partial charge is 0.326 e. The predicted octanol–water partition coefficient (Wildman–Crippen LogP) is 2.87. The van der Waals surface area contributed by atoms with Crippen LogP contribution in [0.5, 0.6) is 0 Å². The van der Waals surface area contributed by atoms with E-state index in [9.17, 15) is 23.5 Å². The average molecular weight is 344 g/mol. The molecule has 25 heavy (non-hydrogen) atoms. The van der Waals surface area contributed by atoms with Crippen LogP contribution >= 0.6 is 0 Å². The van der Waals surface area contributed by atoms with Gasteiger partial charge in [-0.05, 0) is 23.8 Å². The van der Waals surface area contributed by atoms with E-state index < -0.39 is 35.1 Å². The number of hydrogen-bond acceptors (Lipinski definition) is 2. The van der Waals surface area contributed by atoms with Gasteiger partial charge in [0.05, 0.1) is 5.56 Å². The number of aromatic amines is 1. The van der Waals surface area contributed by atoms with Gasteiger partial charge in [0.2, 0.25) is 0 Å². The molecule has 0 unspecified atom stereocenters. The number of rotatable bonds is 5. The number of carbonyl (C=O) groups excluding carboxylic acids is 1. The van der Waals surface area contributed by atoms with E-state index in [1.807, 2.05) is 24.3 Å². The Morgan fingerprint density at radius 1 is 1.12 bits per heavy atom. The van der Waals surface area contributed by atoms with Crippen molar-refractivity contribution in [2.75, 3.05) is 0 Å². The molecule has 2 aromatic carbocycles. The summed E-state index contributed by atoms with van der Waals surface area (Å²) in [6.45, 7) is 0. The summed E-state index contributed by atoms with van der Waals surface area (Å²) >= 11 is 0. The van der Waals surface area contributed by atoms with Crippen molar-refractivity contribution in [1.82, 2.24) is 10.3 Å². The van der Waals surface area contributed by atoms with Crippen LogP contribution in [0.3, 0.4) is 0 Å². The number of H-pyrrole nitrogens is 1. The molecular formula is C18H14F2N2O3. The van der Waals surface area contributed by atoms with Crippen molar-refractivity contribution in [3.8, 4) is 0 Å². The molecule has 0 radical (unpaired) electrons. The summed E-state index contributed by atoms with van der Waals surface area (Å²) in [5.74, 6) is -4.73. The van der Waals surface area contributed by atoms with E-state index in [1.54, 1.807) is 6.20 Å². The van der Waals surface area contributed by atoms with Crippen LogP contribution in [-0.2, 0) is 11.2 Å². The number of aromatic nitrogens is 1. The van der Waals surface area contributed by atoms with E-state index in [0.29, 0.717) is 5.56 Å². The van der Waals surface area contributed by atoms with E-state index in [0.717, 1.165) is 23.0 Å². The summed E-state index contributed by atoms with van der Waals surface area (Å²) in [4.78, 5) is 26.6. The lowest BCUT2D eigenvalue weighted by molar-refractivity contribution is -0.139. The Morgan fingerprint density at radius 2 is 1.88 bits per heavy atom. The number of nitrogens with one attached hydrogen (secondary N) is 2. The van der Waals surface area contributed by atoms with Crippen molar-refractivity contribution in [2.24, 2.45) is 0 Å². The normalized spacial score (nSPS) is 12.1. The second kappa shape index (κ2) is 6.72. The Labute approximate surface area is 141 Å². The Hall–Kier alpha value is -3.22. The first-order valence-electron chi connectivity index (χ1n) is 7.50. The molecule has 1 heterocycles. The second-order valence-electron chi connectivity index (χ2n) is 5.53. The number of carboxylic acid groups (broad SMARTS) is 1. The largest absolute Gasteiger partial charge is 0.480 e. The van der Waals surface area contributed by atoms with Crippen LogP contribution in [0, 0.1) is 11.6 Å². The maximum Gasteiger partial charge on any atom is 0.326 e. The number of fused-ring (bicyclic) bond motifs is 1. The minimum absolute atomic E-state index is 0.00201. The molecule has 5 nitrogen and oxygen atoms in total. The molecule has 128 valence electrons. The molecule has 7 heteroatoms. The lowest BCUT2D eigenvalue weighted by Crippen LogP contribution is -2.42. The molecule has 3 N–H and O–H groups in total. The molecule has 0 aliphatic heterocycles. The molecule has 3 rings (SSSR count). The van der Waals surface area contributed by atoms with Gasteiger partial charge >= 0.3 is 5.97 Å². The Morgan fingerprint density at radius 3 is 2.64 bits per heavy atom. The highest BCUT2D eigenvalue weighted by atomic mass is 19.2. The number of benzene rings is 2. The lowest BCUT2D eigenvalue weighted by Gasteiger charge is -2.14. The first-order chi connectivity index (χ1) is 12.0. The van der Waals surface area contributed by atoms with Crippen LogP contribution in [0.4, 0.5) is 8.78 Å². The molecule has 0 bridgehead atoms. The third-order valence-corrected chi connectivity index (χ3v) is 3.90. The molecule has 1 atom stereocenters. The number of carbonyl (C=O) groups is 2. The average Bonchev–Trinajstić information content (AvgIpc) is 2.99. The zero-order valence-electron chi connectivity index (χ0n) is 12.9. The fourth-order valence-corrected chi connectivity index (χ4v) is 2.64. The van der Waals surface area contributed by atoms with E-state index in [4.69, 9.17) is 0 Å². The summed E-state index contributed by atoms with van der Waals surface area (Å²) in [6, 6.07) is 9.20. The van der Waals surface area contributed by atoms with Crippen molar-refractivity contribution in [2.45, 2.75) is 12.5 Å². The first-order valence-corrected chi connectivity index (χ1v) is 7.50. The molecule has 0 saturated heterocycles. The maximum atomic E-state index is 13.7. The molecule has 0 aliphatic carbocycles. The third-order valence-electron chi connectivity index (χ3n) is 3.90. The number of aliphatic carboxylic acids is 1. The summed E-state index contributed by atoms with van der Waals surface area (Å²) < 4.78 is 26.9. The van der Waals surface area contributed by atoms with Gasteiger partial charge in [-0.2, -0.15) is 0 Å². The van der Waals surface area contributed by atoms with Gasteiger partial charge in [-0.3, -0.25) is 4.79 Å². The summed E-state index contributed by atoms with van der Waals surface area (Å²) in [7, 11) is 0. The lowest BCUT2D eigenvalue weighted by atomic mass is 10.0. The second-order valence-corrected chi connectivity index (χ2v) is 5.53. The SMILES string of the molecule is O=C(N[C@@H](Cc1c[nH]c2ccccc12)C(=O)O)c1cccc(F)c1F. The Kier molecular flexibility index (Phi) is 4.47. The van der Waals surface area contributed by atoms with Crippen LogP contribution in [0.25, 0.3) is 10.9 Å². The first kappa shape index (κ1) is 16.6. The Balaban J connectivity index is 1.83. The van der Waals surface area contributed by atoms with Gasteiger partial charge in [0.15, 0.2) is 11.6 Å². The number of para-hydroxylation sites is 1. The third kappa shape index (κ3) is 3.35. The molecule has 1 amide bonds. The highest BCUT2D eigenvalue weighted by molar-refractivity contribution is 5.97. The summed E-state index contributed by atoms with van der Waals surface area (Å²) in [5.41, 5.74) is 0.998. The molecule has 1 aromatic heterocycles. The topological polar surface area (TPSA) is 82.2 Å². The monoisotopic (exact) mass is 344 g/mol. The fraction of sp³-hybridized carbons (Fsp3) is 0.111. The van der Waals surface area contributed by atoms with E-state index >= 15 is 0 Å². The van der Waals surface area contributed by atoms with E-state index in [-0.39, 0.29) is 6.42 Å². The standard InChI is InChI=1S/C18H14F2N2O3/c19-13-6-3-5-12(16(13)20)17(23)22-15(18(24)25)8-10-9-21-14-7-2-1-4-11(10)14/h1-7,9,15,21H,8H2,(H,22,23)(H,24,25)/t15-/m0/s1. The Bertz CT molecular complexity index is 952. The quantitative estimate of drug-likeness (QED) is 0.666. The van der Waals surface area contributed by atoms with Crippen LogP contribution in [0.2, 0.25) is 0 Å². The number of amides is 1. The highest BCUT2D eigenvalue weighted by Crippen LogP contribution is 2.19. The molecule has 0 aliphatic rings. The maximum absolute atomic E-state index is 13.7. The van der Waals surface area contributed by atoms with Gasteiger partial charge in [-0.1, -0.05) is 24.3 Å². The van der Waals surface area contributed by atoms with E-state index in [2.05, 4.69) is 10.3 Å². The zero-order chi connectivity index (χ0) is 18.0. The van der Waals surface area contributed by atoms with Gasteiger partial charge in [0.25, 0.3) is 5.91 Å². The zero-order valence-corrected chi connectivity index (χ0v) is 12.9. The van der Waals surface area contributed by atoms with Crippen LogP contribution in [-0.4, -0.2) is 28.0 Å². The molecular weight excluding hydrogens is 330 g/mol. The predicted molar refractivity (Wildman–Crippen MR) is 87.3 cm³/mol. The summed E-state index contributed by atoms with van der Waals surface area (Å²) in [6.07, 6.45) is 1.66. The van der Waals surface area contributed by atoms with E-state index in [1.165, 1.54) is 6.07 Å². The van der Waals surface area contributed by atoms with Crippen molar-refractivity contribution in [1.29, 1.82) is 0 Å². The van der Waals surface area contributed by atoms with Gasteiger partial charge < -0.3 is 15.4 Å². The fourth-order valence-electron chi connectivity index (χ4n) is 2.64. The van der Waals surface area contributed by atoms with Crippen molar-refractivity contribution in [3.63, 3.8) is 0 Å². The number of hydrogen-bond donors (Lipinski definition) is 3. The molecule has 3 aromatic rings. The minimum Gasteiger partial charge on any atom is -0.480 e. The van der Waals surface area contributed by atoms with Gasteiger partial charge in [0, 0.05) is 23.5 Å². The number of halogens is 2. The summed E-state index contributed by atoms with van der Waals surface area (Å²) in [5, 5.41) is 12.4. The van der Waals surface area contributed by atoms with Gasteiger partial charge in [0.1, 0.15) is 6.04 Å². The van der Waals surface area contributed by atoms with Crippen LogP contribution in [0.1, 0.15) is 15.9 Å². The van der Waals surface area contributed by atoms with Crippen LogP contribution in [0.15, 0.2) is 48.7 Å².